The summed E-state index contributed by atoms with van der Waals surface area (Å²) in [7, 11) is 0. The van der Waals surface area contributed by atoms with Crippen LogP contribution in [0.5, 0.6) is 0 Å². The van der Waals surface area contributed by atoms with E-state index in [0.717, 1.165) is 56.5 Å². The van der Waals surface area contributed by atoms with Crippen LogP contribution in [0.1, 0.15) is 65.5 Å². The van der Waals surface area contributed by atoms with Gasteiger partial charge in [0.15, 0.2) is 5.69 Å². The lowest BCUT2D eigenvalue weighted by Gasteiger charge is -2.35. The molecular weight excluding hydrogens is 412 g/mol. The van der Waals surface area contributed by atoms with Gasteiger partial charge in [0, 0.05) is 25.2 Å². The van der Waals surface area contributed by atoms with Crippen LogP contribution in [0.15, 0.2) is 60.7 Å². The molecule has 3 aromatic rings. The van der Waals surface area contributed by atoms with E-state index >= 15 is 0 Å². The Bertz CT molecular complexity index is 1120. The topological polar surface area (TPSA) is 69.3 Å². The van der Waals surface area contributed by atoms with Gasteiger partial charge in [0.25, 0.3) is 5.91 Å². The van der Waals surface area contributed by atoms with Crippen molar-refractivity contribution in [3.05, 3.63) is 83.2 Å². The molecule has 1 N–H and O–H groups in total. The number of anilines is 1. The van der Waals surface area contributed by atoms with Crippen molar-refractivity contribution in [3.63, 3.8) is 0 Å². The minimum atomic E-state index is -0.0843. The van der Waals surface area contributed by atoms with E-state index in [9.17, 15) is 9.59 Å². The normalized spacial score (nSPS) is 17.8. The van der Waals surface area contributed by atoms with Gasteiger partial charge in [-0.15, -0.1) is 0 Å². The average molecular weight is 443 g/mol. The zero-order valence-electron chi connectivity index (χ0n) is 18.9. The first-order valence-electron chi connectivity index (χ1n) is 12.0. The summed E-state index contributed by atoms with van der Waals surface area (Å²) in [6.45, 7) is 1.44. The fourth-order valence-corrected chi connectivity index (χ4v) is 5.09. The number of H-pyrrole nitrogens is 1. The van der Waals surface area contributed by atoms with Crippen LogP contribution in [-0.4, -0.2) is 40.0 Å². The third-order valence-corrected chi connectivity index (χ3v) is 6.83. The predicted octanol–water partition coefficient (Wildman–Crippen LogP) is 4.69. The number of carbonyl (C=O) groups is 2. The van der Waals surface area contributed by atoms with Crippen LogP contribution in [0, 0.1) is 0 Å². The summed E-state index contributed by atoms with van der Waals surface area (Å²) in [5.74, 6) is 0.102. The Morgan fingerprint density at radius 1 is 1.00 bits per heavy atom. The molecule has 2 aliphatic heterocycles. The molecule has 5 rings (SSSR count). The summed E-state index contributed by atoms with van der Waals surface area (Å²) in [6, 6.07) is 20.1. The average Bonchev–Trinajstić information content (AvgIpc) is 3.52. The maximum absolute atomic E-state index is 13.2. The molecule has 1 unspecified atom stereocenters. The van der Waals surface area contributed by atoms with E-state index < -0.39 is 0 Å². The summed E-state index contributed by atoms with van der Waals surface area (Å²) in [5, 5.41) is 7.43. The highest BCUT2D eigenvalue weighted by Crippen LogP contribution is 2.32. The number of nitrogens with zero attached hydrogens (tertiary/aromatic N) is 3. The van der Waals surface area contributed by atoms with Crippen LogP contribution < -0.4 is 4.90 Å². The molecule has 170 valence electrons. The molecule has 0 saturated carbocycles. The number of benzene rings is 2. The van der Waals surface area contributed by atoms with Crippen molar-refractivity contribution in [2.75, 3.05) is 18.0 Å². The molecule has 2 aromatic carbocycles. The third-order valence-electron chi connectivity index (χ3n) is 6.83. The second-order valence-corrected chi connectivity index (χ2v) is 8.98. The number of aromatic amines is 1. The van der Waals surface area contributed by atoms with Gasteiger partial charge < -0.3 is 9.80 Å². The molecule has 33 heavy (non-hydrogen) atoms. The number of rotatable bonds is 6. The predicted molar refractivity (Wildman–Crippen MR) is 128 cm³/mol. The Labute approximate surface area is 194 Å². The number of amides is 2. The Hall–Kier alpha value is -3.41. The lowest BCUT2D eigenvalue weighted by atomic mass is 9.98. The summed E-state index contributed by atoms with van der Waals surface area (Å²) in [5.41, 5.74) is 4.72. The number of aromatic nitrogens is 2. The summed E-state index contributed by atoms with van der Waals surface area (Å²) in [6.07, 6.45) is 6.14. The third kappa shape index (κ3) is 4.56. The quantitative estimate of drug-likeness (QED) is 0.602. The molecule has 0 spiro atoms. The molecule has 1 saturated heterocycles. The van der Waals surface area contributed by atoms with Crippen LogP contribution in [0.4, 0.5) is 5.69 Å². The number of carbonyl (C=O) groups excluding carboxylic acids is 2. The maximum Gasteiger partial charge on any atom is 0.278 e. The zero-order chi connectivity index (χ0) is 22.6. The highest BCUT2D eigenvalue weighted by molar-refractivity contribution is 6.06. The lowest BCUT2D eigenvalue weighted by molar-refractivity contribution is -0.135. The minimum absolute atomic E-state index is 0.0390. The standard InChI is InChI=1S/C27H30N4O2/c32-26(15-8-11-20-9-2-1-3-10-20)30-17-7-6-14-25(30)22-19-23(29-28-22)27(33)31-18-16-21-12-4-5-13-24(21)31/h1-5,9-10,12-13,19,25H,6-8,11,14-18H2,(H,28,29). The zero-order valence-corrected chi connectivity index (χ0v) is 18.9. The molecule has 1 atom stereocenters. The molecule has 1 aromatic heterocycles. The molecule has 0 radical (unpaired) electrons. The van der Waals surface area contributed by atoms with Gasteiger partial charge in [0.2, 0.25) is 5.91 Å². The Balaban J connectivity index is 1.25. The fourth-order valence-electron chi connectivity index (χ4n) is 5.09. The first-order chi connectivity index (χ1) is 16.2. The smallest absolute Gasteiger partial charge is 0.278 e. The Morgan fingerprint density at radius 3 is 2.70 bits per heavy atom. The number of likely N-dealkylation sites (tertiary alicyclic amines) is 1. The maximum atomic E-state index is 13.2. The summed E-state index contributed by atoms with van der Waals surface area (Å²) in [4.78, 5) is 30.0. The van der Waals surface area contributed by atoms with E-state index in [0.29, 0.717) is 18.7 Å². The molecule has 3 heterocycles. The van der Waals surface area contributed by atoms with Crippen molar-refractivity contribution in [2.24, 2.45) is 0 Å². The molecule has 6 nitrogen and oxygen atoms in total. The van der Waals surface area contributed by atoms with Gasteiger partial charge in [-0.3, -0.25) is 14.7 Å². The van der Waals surface area contributed by atoms with E-state index in [-0.39, 0.29) is 17.9 Å². The van der Waals surface area contributed by atoms with Gasteiger partial charge in [0.1, 0.15) is 0 Å². The van der Waals surface area contributed by atoms with E-state index in [2.05, 4.69) is 28.4 Å². The monoisotopic (exact) mass is 442 g/mol. The molecule has 1 fully saturated rings. The van der Waals surface area contributed by atoms with Crippen LogP contribution in [-0.2, 0) is 17.6 Å². The molecule has 2 amide bonds. The number of hydrogen-bond donors (Lipinski definition) is 1. The van der Waals surface area contributed by atoms with E-state index in [1.54, 1.807) is 0 Å². The van der Waals surface area contributed by atoms with Crippen molar-refractivity contribution >= 4 is 17.5 Å². The number of piperidine rings is 1. The van der Waals surface area contributed by atoms with Crippen molar-refractivity contribution < 1.29 is 9.59 Å². The fraction of sp³-hybridized carbons (Fsp3) is 0.370. The van der Waals surface area contributed by atoms with E-state index in [4.69, 9.17) is 0 Å². The van der Waals surface area contributed by atoms with Crippen LogP contribution >= 0.6 is 0 Å². The number of nitrogens with one attached hydrogen (secondary N) is 1. The first kappa shape index (κ1) is 21.4. The summed E-state index contributed by atoms with van der Waals surface area (Å²) < 4.78 is 0. The van der Waals surface area contributed by atoms with Crippen molar-refractivity contribution in [3.8, 4) is 0 Å². The number of hydrogen-bond acceptors (Lipinski definition) is 3. The van der Waals surface area contributed by atoms with Gasteiger partial charge in [-0.05, 0) is 61.8 Å². The Morgan fingerprint density at radius 2 is 1.82 bits per heavy atom. The number of para-hydroxylation sites is 1. The molecular formula is C27H30N4O2. The van der Waals surface area contributed by atoms with Crippen molar-refractivity contribution in [2.45, 2.75) is 51.0 Å². The van der Waals surface area contributed by atoms with E-state index in [1.807, 2.05) is 52.3 Å². The highest BCUT2D eigenvalue weighted by atomic mass is 16.2. The molecule has 0 aliphatic carbocycles. The molecule has 0 bridgehead atoms. The van der Waals surface area contributed by atoms with Crippen LogP contribution in [0.25, 0.3) is 0 Å². The molecule has 2 aliphatic rings. The van der Waals surface area contributed by atoms with Crippen molar-refractivity contribution in [1.29, 1.82) is 0 Å². The second kappa shape index (κ2) is 9.61. The van der Waals surface area contributed by atoms with Gasteiger partial charge >= 0.3 is 0 Å². The van der Waals surface area contributed by atoms with Gasteiger partial charge in [-0.2, -0.15) is 5.10 Å². The lowest BCUT2D eigenvalue weighted by Crippen LogP contribution is -2.38. The summed E-state index contributed by atoms with van der Waals surface area (Å²) >= 11 is 0. The van der Waals surface area contributed by atoms with Gasteiger partial charge in [-0.25, -0.2) is 0 Å². The second-order valence-electron chi connectivity index (χ2n) is 8.98. The first-order valence-corrected chi connectivity index (χ1v) is 12.0. The minimum Gasteiger partial charge on any atom is -0.334 e. The van der Waals surface area contributed by atoms with Gasteiger partial charge in [-0.1, -0.05) is 48.5 Å². The largest absolute Gasteiger partial charge is 0.334 e. The molecule has 6 heteroatoms. The van der Waals surface area contributed by atoms with Crippen LogP contribution in [0.3, 0.4) is 0 Å². The highest BCUT2D eigenvalue weighted by Gasteiger charge is 2.31. The Kier molecular flexibility index (Phi) is 6.24. The van der Waals surface area contributed by atoms with Gasteiger partial charge in [0.05, 0.1) is 11.7 Å². The van der Waals surface area contributed by atoms with E-state index in [1.165, 1.54) is 11.1 Å². The SMILES string of the molecule is O=C(c1cc(C2CCCCN2C(=O)CCCc2ccccc2)[nH]n1)N1CCc2ccccc21. The van der Waals surface area contributed by atoms with Crippen LogP contribution in [0.2, 0.25) is 0 Å². The van der Waals surface area contributed by atoms with Crippen molar-refractivity contribution in [1.82, 2.24) is 15.1 Å². The number of fused-ring (bicyclic) bond motifs is 1. The number of aryl methyl sites for hydroxylation is 1.